The number of non-ortho nitro benzene ring substituents is 1. The number of aromatic amines is 1. The molecule has 0 radical (unpaired) electrons. The number of H-pyrrole nitrogens is 1. The highest BCUT2D eigenvalue weighted by molar-refractivity contribution is 5.93. The molecule has 5 heteroatoms. The van der Waals surface area contributed by atoms with Gasteiger partial charge in [0, 0.05) is 18.7 Å². The molecule has 5 nitrogen and oxygen atoms in total. The number of hydrogen-bond acceptors (Lipinski definition) is 3. The maximum atomic E-state index is 10.8. The van der Waals surface area contributed by atoms with Gasteiger partial charge in [0.05, 0.1) is 15.8 Å². The molecule has 2 aromatic rings. The number of fused-ring (bicyclic) bond motifs is 1. The van der Waals surface area contributed by atoms with Gasteiger partial charge >= 0.3 is 0 Å². The second-order valence-electron chi connectivity index (χ2n) is 3.14. The molecule has 2 rings (SSSR count). The van der Waals surface area contributed by atoms with Crippen molar-refractivity contribution in [3.8, 4) is 0 Å². The monoisotopic (exact) mass is 204 g/mol. The maximum Gasteiger partial charge on any atom is 0.279 e. The Labute approximate surface area is 84.9 Å². The van der Waals surface area contributed by atoms with Gasteiger partial charge in [0.15, 0.2) is 0 Å². The first-order chi connectivity index (χ1) is 7.24. The lowest BCUT2D eigenvalue weighted by Crippen LogP contribution is -1.91. The van der Waals surface area contributed by atoms with Crippen molar-refractivity contribution in [3.05, 3.63) is 40.1 Å². The van der Waals surface area contributed by atoms with Gasteiger partial charge in [-0.2, -0.15) is 0 Å². The van der Waals surface area contributed by atoms with E-state index < -0.39 is 4.92 Å². The highest BCUT2D eigenvalue weighted by Crippen LogP contribution is 2.28. The summed E-state index contributed by atoms with van der Waals surface area (Å²) >= 11 is 0. The number of rotatable bonds is 3. The van der Waals surface area contributed by atoms with Crippen molar-refractivity contribution in [2.75, 3.05) is 0 Å². The second kappa shape index (κ2) is 3.53. The minimum absolute atomic E-state index is 0.0330. The Morgan fingerprint density at radius 3 is 2.93 bits per heavy atom. The van der Waals surface area contributed by atoms with Crippen LogP contribution in [-0.2, 0) is 11.2 Å². The van der Waals surface area contributed by atoms with E-state index in [4.69, 9.17) is 0 Å². The van der Waals surface area contributed by atoms with Crippen molar-refractivity contribution >= 4 is 22.9 Å². The van der Waals surface area contributed by atoms with Gasteiger partial charge in [0.2, 0.25) is 0 Å². The van der Waals surface area contributed by atoms with Crippen molar-refractivity contribution in [2.24, 2.45) is 0 Å². The highest BCUT2D eigenvalue weighted by atomic mass is 16.6. The number of nitro benzene ring substituents is 1. The van der Waals surface area contributed by atoms with Gasteiger partial charge in [-0.25, -0.2) is 0 Å². The maximum absolute atomic E-state index is 10.8. The first-order valence-corrected chi connectivity index (χ1v) is 4.41. The predicted octanol–water partition coefficient (Wildman–Crippen LogP) is 1.82. The van der Waals surface area contributed by atoms with Gasteiger partial charge in [0.25, 0.3) is 5.69 Å². The first-order valence-electron chi connectivity index (χ1n) is 4.41. The molecular formula is C10H8N2O3. The molecule has 0 bridgehead atoms. The van der Waals surface area contributed by atoms with Gasteiger partial charge < -0.3 is 9.78 Å². The number of nitrogens with one attached hydrogen (secondary N) is 1. The summed E-state index contributed by atoms with van der Waals surface area (Å²) in [6.45, 7) is 0. The summed E-state index contributed by atoms with van der Waals surface area (Å²) in [4.78, 5) is 23.7. The zero-order chi connectivity index (χ0) is 10.8. The van der Waals surface area contributed by atoms with Crippen LogP contribution in [-0.4, -0.2) is 16.2 Å². The summed E-state index contributed by atoms with van der Waals surface area (Å²) < 4.78 is 0. The number of aldehydes is 1. The zero-order valence-electron chi connectivity index (χ0n) is 7.77. The molecule has 1 N–H and O–H groups in total. The van der Waals surface area contributed by atoms with Crippen LogP contribution >= 0.6 is 0 Å². The molecule has 76 valence electrons. The van der Waals surface area contributed by atoms with E-state index in [1.54, 1.807) is 18.3 Å². The lowest BCUT2D eigenvalue weighted by molar-refractivity contribution is -0.383. The molecule has 0 atom stereocenters. The summed E-state index contributed by atoms with van der Waals surface area (Å²) in [6.07, 6.45) is 2.55. The highest BCUT2D eigenvalue weighted by Gasteiger charge is 2.15. The largest absolute Gasteiger partial charge is 0.361 e. The Hall–Kier alpha value is -2.17. The van der Waals surface area contributed by atoms with Crippen molar-refractivity contribution in [2.45, 2.75) is 6.42 Å². The van der Waals surface area contributed by atoms with Crippen LogP contribution in [0.4, 0.5) is 5.69 Å². The Balaban J connectivity index is 2.74. The molecule has 0 amide bonds. The summed E-state index contributed by atoms with van der Waals surface area (Å²) in [5.74, 6) is 0. The van der Waals surface area contributed by atoms with Crippen molar-refractivity contribution < 1.29 is 9.72 Å². The number of aromatic nitrogens is 1. The Morgan fingerprint density at radius 2 is 2.27 bits per heavy atom. The molecule has 0 aliphatic heterocycles. The van der Waals surface area contributed by atoms with Crippen LogP contribution in [0.25, 0.3) is 10.9 Å². The second-order valence-corrected chi connectivity index (χ2v) is 3.14. The average Bonchev–Trinajstić information content (AvgIpc) is 2.62. The van der Waals surface area contributed by atoms with Crippen LogP contribution in [0.15, 0.2) is 24.4 Å². The minimum Gasteiger partial charge on any atom is -0.361 e. The third-order valence-corrected chi connectivity index (χ3v) is 2.27. The first kappa shape index (κ1) is 9.39. The number of nitro groups is 1. The van der Waals surface area contributed by atoms with Crippen LogP contribution in [0, 0.1) is 10.1 Å². The van der Waals surface area contributed by atoms with E-state index in [1.165, 1.54) is 6.07 Å². The quantitative estimate of drug-likeness (QED) is 0.470. The Kier molecular flexibility index (Phi) is 2.21. The van der Waals surface area contributed by atoms with Crippen molar-refractivity contribution in [3.63, 3.8) is 0 Å². The number of carbonyl (C=O) groups excluding carboxylic acids is 1. The fourth-order valence-electron chi connectivity index (χ4n) is 1.64. The summed E-state index contributed by atoms with van der Waals surface area (Å²) in [5.41, 5.74) is 1.37. The van der Waals surface area contributed by atoms with Crippen molar-refractivity contribution in [1.82, 2.24) is 4.98 Å². The molecule has 0 aliphatic rings. The predicted molar refractivity (Wildman–Crippen MR) is 54.7 cm³/mol. The molecule has 0 fully saturated rings. The molecule has 0 aliphatic carbocycles. The summed E-state index contributed by atoms with van der Waals surface area (Å²) in [6, 6.07) is 4.79. The van der Waals surface area contributed by atoms with Crippen LogP contribution < -0.4 is 0 Å². The van der Waals surface area contributed by atoms with Gasteiger partial charge in [-0.3, -0.25) is 10.1 Å². The van der Waals surface area contributed by atoms with Gasteiger partial charge in [-0.15, -0.1) is 0 Å². The van der Waals surface area contributed by atoms with Crippen LogP contribution in [0.1, 0.15) is 5.56 Å². The SMILES string of the molecule is O=CCc1c[nH]c2cccc([N+](=O)[O-])c12. The van der Waals surface area contributed by atoms with Crippen LogP contribution in [0.2, 0.25) is 0 Å². The molecular weight excluding hydrogens is 196 g/mol. The van der Waals surface area contributed by atoms with E-state index in [-0.39, 0.29) is 12.1 Å². The van der Waals surface area contributed by atoms with Crippen LogP contribution in [0.5, 0.6) is 0 Å². The van der Waals surface area contributed by atoms with Gasteiger partial charge in [-0.1, -0.05) is 6.07 Å². The zero-order valence-corrected chi connectivity index (χ0v) is 7.77. The van der Waals surface area contributed by atoms with E-state index in [2.05, 4.69) is 4.98 Å². The fourth-order valence-corrected chi connectivity index (χ4v) is 1.64. The Bertz CT molecular complexity index is 530. The van der Waals surface area contributed by atoms with Crippen LogP contribution in [0.3, 0.4) is 0 Å². The van der Waals surface area contributed by atoms with Gasteiger partial charge in [-0.05, 0) is 11.6 Å². The van der Waals surface area contributed by atoms with E-state index in [9.17, 15) is 14.9 Å². The molecule has 0 saturated carbocycles. The van der Waals surface area contributed by atoms with Gasteiger partial charge in [0.1, 0.15) is 6.29 Å². The van der Waals surface area contributed by atoms with E-state index in [1.807, 2.05) is 0 Å². The summed E-state index contributed by atoms with van der Waals surface area (Å²) in [5, 5.41) is 11.3. The lowest BCUT2D eigenvalue weighted by atomic mass is 10.1. The molecule has 1 aromatic carbocycles. The minimum atomic E-state index is -0.440. The molecule has 1 aromatic heterocycles. The Morgan fingerprint density at radius 1 is 1.47 bits per heavy atom. The normalized spacial score (nSPS) is 10.4. The smallest absolute Gasteiger partial charge is 0.279 e. The van der Waals surface area contributed by atoms with E-state index in [0.717, 1.165) is 6.29 Å². The summed E-state index contributed by atoms with van der Waals surface area (Å²) in [7, 11) is 0. The molecule has 0 unspecified atom stereocenters. The molecule has 15 heavy (non-hydrogen) atoms. The number of nitrogens with zero attached hydrogens (tertiary/aromatic N) is 1. The number of hydrogen-bond donors (Lipinski definition) is 1. The van der Waals surface area contributed by atoms with E-state index in [0.29, 0.717) is 16.5 Å². The molecule has 0 saturated heterocycles. The fraction of sp³-hybridized carbons (Fsp3) is 0.100. The average molecular weight is 204 g/mol. The molecule has 0 spiro atoms. The van der Waals surface area contributed by atoms with Crippen molar-refractivity contribution in [1.29, 1.82) is 0 Å². The molecule has 1 heterocycles. The van der Waals surface area contributed by atoms with E-state index >= 15 is 0 Å². The number of benzene rings is 1. The topological polar surface area (TPSA) is 76.0 Å². The third kappa shape index (κ3) is 1.48. The number of carbonyl (C=O) groups is 1. The lowest BCUT2D eigenvalue weighted by Gasteiger charge is -1.95. The third-order valence-electron chi connectivity index (χ3n) is 2.27. The standard InChI is InChI=1S/C10H8N2O3/c13-5-4-7-6-11-8-2-1-3-9(10(7)8)12(14)15/h1-3,5-6,11H,4H2.